The zero-order chi connectivity index (χ0) is 15.1. The zero-order valence-corrected chi connectivity index (χ0v) is 12.4. The van der Waals surface area contributed by atoms with Gasteiger partial charge in [-0.3, -0.25) is 9.69 Å². The molecule has 1 aromatic rings. The van der Waals surface area contributed by atoms with Gasteiger partial charge in [0.15, 0.2) is 11.5 Å². The van der Waals surface area contributed by atoms with Crippen molar-refractivity contribution >= 4 is 5.97 Å². The zero-order valence-electron chi connectivity index (χ0n) is 12.4. The number of hydrogen-bond acceptors (Lipinski definition) is 6. The number of nitrogens with zero attached hydrogens (tertiary/aromatic N) is 1. The number of ether oxygens (including phenoxy) is 4. The highest BCUT2D eigenvalue weighted by Gasteiger charge is 2.23. The van der Waals surface area contributed by atoms with E-state index in [4.69, 9.17) is 14.2 Å². The predicted octanol–water partition coefficient (Wildman–Crippen LogP) is 0.948. The van der Waals surface area contributed by atoms with Gasteiger partial charge in [-0.25, -0.2) is 0 Å². The molecule has 1 fully saturated rings. The Bertz CT molecular complexity index is 465. The topological polar surface area (TPSA) is 57.2 Å². The van der Waals surface area contributed by atoms with E-state index < -0.39 is 0 Å². The highest BCUT2D eigenvalue weighted by molar-refractivity contribution is 5.71. The summed E-state index contributed by atoms with van der Waals surface area (Å²) in [5.41, 5.74) is 0. The van der Waals surface area contributed by atoms with E-state index in [1.54, 1.807) is 7.11 Å². The molecule has 0 bridgehead atoms. The number of rotatable bonds is 6. The fourth-order valence-corrected chi connectivity index (χ4v) is 2.19. The first kappa shape index (κ1) is 15.6. The summed E-state index contributed by atoms with van der Waals surface area (Å²) in [5, 5.41) is 0. The molecule has 21 heavy (non-hydrogen) atoms. The van der Waals surface area contributed by atoms with Gasteiger partial charge < -0.3 is 18.9 Å². The van der Waals surface area contributed by atoms with Crippen LogP contribution >= 0.6 is 0 Å². The number of hydrogen-bond donors (Lipinski definition) is 0. The molecule has 1 aliphatic heterocycles. The molecular weight excluding hydrogens is 274 g/mol. The minimum Gasteiger partial charge on any atom is -0.493 e. The third-order valence-corrected chi connectivity index (χ3v) is 3.30. The summed E-state index contributed by atoms with van der Waals surface area (Å²) in [4.78, 5) is 13.3. The van der Waals surface area contributed by atoms with Crippen LogP contribution in [0.4, 0.5) is 0 Å². The molecule has 1 saturated heterocycles. The third kappa shape index (κ3) is 4.61. The molecule has 6 heteroatoms. The van der Waals surface area contributed by atoms with Gasteiger partial charge in [-0.05, 0) is 12.1 Å². The number of carbonyl (C=O) groups is 1. The van der Waals surface area contributed by atoms with E-state index in [-0.39, 0.29) is 18.6 Å². The van der Waals surface area contributed by atoms with Crippen LogP contribution < -0.4 is 9.47 Å². The molecule has 0 aliphatic carbocycles. The predicted molar refractivity (Wildman–Crippen MR) is 76.7 cm³/mol. The molecule has 1 heterocycles. The van der Waals surface area contributed by atoms with Gasteiger partial charge >= 0.3 is 5.97 Å². The first-order valence-electron chi connectivity index (χ1n) is 6.89. The molecule has 0 unspecified atom stereocenters. The van der Waals surface area contributed by atoms with Crippen molar-refractivity contribution in [1.82, 2.24) is 4.90 Å². The molecule has 1 aromatic carbocycles. The molecule has 0 amide bonds. The van der Waals surface area contributed by atoms with Crippen LogP contribution in [0.1, 0.15) is 0 Å². The Balaban J connectivity index is 1.84. The van der Waals surface area contributed by atoms with Crippen molar-refractivity contribution in [2.45, 2.75) is 6.10 Å². The molecule has 1 aliphatic rings. The number of methoxy groups -OCH3 is 2. The number of esters is 1. The van der Waals surface area contributed by atoms with Crippen molar-refractivity contribution in [3.63, 3.8) is 0 Å². The molecule has 0 radical (unpaired) electrons. The van der Waals surface area contributed by atoms with Gasteiger partial charge in [0, 0.05) is 13.1 Å². The molecule has 116 valence electrons. The van der Waals surface area contributed by atoms with E-state index in [0.29, 0.717) is 31.3 Å². The molecule has 2 rings (SSSR count). The lowest BCUT2D eigenvalue weighted by Gasteiger charge is -2.31. The smallest absolute Gasteiger partial charge is 0.319 e. The van der Waals surface area contributed by atoms with E-state index in [1.165, 1.54) is 7.11 Å². The lowest BCUT2D eigenvalue weighted by atomic mass is 10.2. The summed E-state index contributed by atoms with van der Waals surface area (Å²) in [6.07, 6.45) is -0.0756. The van der Waals surface area contributed by atoms with Gasteiger partial charge in [0.05, 0.1) is 27.4 Å². The number of para-hydroxylation sites is 2. The van der Waals surface area contributed by atoms with Gasteiger partial charge in [0.2, 0.25) is 0 Å². The average Bonchev–Trinajstić information content (AvgIpc) is 2.53. The van der Waals surface area contributed by atoms with E-state index in [0.717, 1.165) is 6.54 Å². The molecule has 6 nitrogen and oxygen atoms in total. The van der Waals surface area contributed by atoms with Crippen LogP contribution in [0.15, 0.2) is 24.3 Å². The van der Waals surface area contributed by atoms with Crippen LogP contribution in [-0.4, -0.2) is 64.0 Å². The second-order valence-corrected chi connectivity index (χ2v) is 4.77. The van der Waals surface area contributed by atoms with E-state index in [2.05, 4.69) is 4.74 Å². The standard InChI is InChI=1S/C15H21NO5/c1-18-13-5-3-4-6-14(13)21-11-12-9-16(7-8-20-12)10-15(17)19-2/h3-6,12H,7-11H2,1-2H3/t12-/m0/s1. The first-order chi connectivity index (χ1) is 10.2. The van der Waals surface area contributed by atoms with Crippen molar-refractivity contribution in [1.29, 1.82) is 0 Å². The Kier molecular flexibility index (Phi) is 5.83. The Morgan fingerprint density at radius 1 is 1.33 bits per heavy atom. The molecule has 1 atom stereocenters. The quantitative estimate of drug-likeness (QED) is 0.728. The largest absolute Gasteiger partial charge is 0.493 e. The van der Waals surface area contributed by atoms with Crippen LogP contribution in [0.3, 0.4) is 0 Å². The van der Waals surface area contributed by atoms with Crippen molar-refractivity contribution in [3.8, 4) is 11.5 Å². The minimum atomic E-state index is -0.235. The highest BCUT2D eigenvalue weighted by atomic mass is 16.5. The van der Waals surface area contributed by atoms with Crippen molar-refractivity contribution in [2.24, 2.45) is 0 Å². The lowest BCUT2D eigenvalue weighted by molar-refractivity contribution is -0.144. The molecule has 0 aromatic heterocycles. The fraction of sp³-hybridized carbons (Fsp3) is 0.533. The molecular formula is C15H21NO5. The van der Waals surface area contributed by atoms with Gasteiger partial charge in [-0.2, -0.15) is 0 Å². The number of carbonyl (C=O) groups excluding carboxylic acids is 1. The summed E-state index contributed by atoms with van der Waals surface area (Å²) in [7, 11) is 3.00. The van der Waals surface area contributed by atoms with E-state index in [9.17, 15) is 4.79 Å². The maximum atomic E-state index is 11.3. The fourth-order valence-electron chi connectivity index (χ4n) is 2.19. The summed E-state index contributed by atoms with van der Waals surface area (Å²) >= 11 is 0. The maximum absolute atomic E-state index is 11.3. The monoisotopic (exact) mass is 295 g/mol. The summed E-state index contributed by atoms with van der Waals surface area (Å²) in [6.45, 7) is 2.64. The van der Waals surface area contributed by atoms with Crippen molar-refractivity contribution in [2.75, 3.05) is 47.1 Å². The summed E-state index contributed by atoms with van der Waals surface area (Å²) in [5.74, 6) is 1.15. The second-order valence-electron chi connectivity index (χ2n) is 4.77. The normalized spacial score (nSPS) is 19.0. The van der Waals surface area contributed by atoms with Crippen LogP contribution in [0, 0.1) is 0 Å². The Morgan fingerprint density at radius 2 is 2.10 bits per heavy atom. The van der Waals surface area contributed by atoms with Gasteiger partial charge in [0.25, 0.3) is 0 Å². The number of benzene rings is 1. The first-order valence-corrected chi connectivity index (χ1v) is 6.89. The van der Waals surface area contributed by atoms with Gasteiger partial charge in [-0.15, -0.1) is 0 Å². The average molecular weight is 295 g/mol. The summed E-state index contributed by atoms with van der Waals surface area (Å²) in [6, 6.07) is 7.48. The Morgan fingerprint density at radius 3 is 2.81 bits per heavy atom. The Labute approximate surface area is 124 Å². The number of morpholine rings is 1. The maximum Gasteiger partial charge on any atom is 0.319 e. The third-order valence-electron chi connectivity index (χ3n) is 3.30. The van der Waals surface area contributed by atoms with Crippen LogP contribution in [0.2, 0.25) is 0 Å². The van der Waals surface area contributed by atoms with Crippen LogP contribution in [0.5, 0.6) is 11.5 Å². The molecule has 0 spiro atoms. The lowest BCUT2D eigenvalue weighted by Crippen LogP contribution is -2.46. The summed E-state index contributed by atoms with van der Waals surface area (Å²) < 4.78 is 21.3. The van der Waals surface area contributed by atoms with E-state index in [1.807, 2.05) is 29.2 Å². The van der Waals surface area contributed by atoms with Crippen LogP contribution in [-0.2, 0) is 14.3 Å². The van der Waals surface area contributed by atoms with Crippen molar-refractivity contribution in [3.05, 3.63) is 24.3 Å². The Hall–Kier alpha value is -1.79. The highest BCUT2D eigenvalue weighted by Crippen LogP contribution is 2.26. The van der Waals surface area contributed by atoms with E-state index >= 15 is 0 Å². The van der Waals surface area contributed by atoms with Gasteiger partial charge in [0.1, 0.15) is 12.7 Å². The van der Waals surface area contributed by atoms with Crippen molar-refractivity contribution < 1.29 is 23.7 Å². The SMILES string of the molecule is COC(=O)CN1CCO[C@H](COc2ccccc2OC)C1. The molecule has 0 N–H and O–H groups in total. The second kappa shape index (κ2) is 7.85. The minimum absolute atomic E-state index is 0.0756. The van der Waals surface area contributed by atoms with Crippen LogP contribution in [0.25, 0.3) is 0 Å². The molecule has 0 saturated carbocycles. The van der Waals surface area contributed by atoms with Gasteiger partial charge in [-0.1, -0.05) is 12.1 Å².